The molecular weight excluding hydrogens is 236 g/mol. The Labute approximate surface area is 111 Å². The standard InChI is InChI=1S/C16H10N2O/c17-10-13-7-5-12(6-8-13)9-14-11-18-15-3-1-2-4-16(15)19-14/h1-9,11H. The van der Waals surface area contributed by atoms with E-state index in [4.69, 9.17) is 10.00 Å². The highest BCUT2D eigenvalue weighted by Gasteiger charge is 2.09. The SMILES string of the molecule is N#Cc1ccc(C=C2C=Nc3ccccc3O2)cc1. The molecule has 2 aromatic rings. The summed E-state index contributed by atoms with van der Waals surface area (Å²) in [4.78, 5) is 4.33. The van der Waals surface area contributed by atoms with Crippen LogP contribution in [0.25, 0.3) is 6.08 Å². The zero-order valence-electron chi connectivity index (χ0n) is 10.1. The summed E-state index contributed by atoms with van der Waals surface area (Å²) in [5.41, 5.74) is 2.45. The number of hydrogen-bond acceptors (Lipinski definition) is 3. The van der Waals surface area contributed by atoms with Crippen molar-refractivity contribution in [1.29, 1.82) is 5.26 Å². The van der Waals surface area contributed by atoms with Gasteiger partial charge < -0.3 is 4.74 Å². The van der Waals surface area contributed by atoms with Gasteiger partial charge in [-0.15, -0.1) is 0 Å². The first-order valence-corrected chi connectivity index (χ1v) is 5.88. The molecule has 0 aromatic heterocycles. The van der Waals surface area contributed by atoms with Crippen LogP contribution in [0.15, 0.2) is 59.3 Å². The molecule has 0 unspecified atom stereocenters. The summed E-state index contributed by atoms with van der Waals surface area (Å²) in [5, 5.41) is 8.75. The van der Waals surface area contributed by atoms with Gasteiger partial charge in [0.15, 0.2) is 5.75 Å². The molecule has 3 heteroatoms. The van der Waals surface area contributed by atoms with Gasteiger partial charge in [0.05, 0.1) is 17.8 Å². The summed E-state index contributed by atoms with van der Waals surface area (Å²) in [7, 11) is 0. The molecule has 0 atom stereocenters. The molecule has 0 fully saturated rings. The highest BCUT2D eigenvalue weighted by atomic mass is 16.5. The second kappa shape index (κ2) is 4.79. The largest absolute Gasteiger partial charge is 0.453 e. The van der Waals surface area contributed by atoms with E-state index in [2.05, 4.69) is 11.1 Å². The fourth-order valence-corrected chi connectivity index (χ4v) is 1.82. The molecule has 1 heterocycles. The minimum Gasteiger partial charge on any atom is -0.453 e. The first kappa shape index (κ1) is 11.2. The van der Waals surface area contributed by atoms with Crippen LogP contribution in [-0.2, 0) is 0 Å². The first-order valence-electron chi connectivity index (χ1n) is 5.88. The lowest BCUT2D eigenvalue weighted by atomic mass is 10.1. The molecule has 0 N–H and O–H groups in total. The molecule has 0 saturated heterocycles. The lowest BCUT2D eigenvalue weighted by Crippen LogP contribution is -2.01. The predicted octanol–water partition coefficient (Wildman–Crippen LogP) is 3.69. The Balaban J connectivity index is 1.88. The second-order valence-corrected chi connectivity index (χ2v) is 4.11. The molecule has 1 aliphatic rings. The van der Waals surface area contributed by atoms with Crippen LogP contribution in [-0.4, -0.2) is 6.21 Å². The van der Waals surface area contributed by atoms with Crippen molar-refractivity contribution in [3.8, 4) is 11.8 Å². The van der Waals surface area contributed by atoms with Gasteiger partial charge in [-0.05, 0) is 35.9 Å². The van der Waals surface area contributed by atoms with Gasteiger partial charge in [0.1, 0.15) is 11.4 Å². The molecular formula is C16H10N2O. The maximum atomic E-state index is 8.75. The normalized spacial score (nSPS) is 14.6. The molecule has 3 rings (SSSR count). The number of fused-ring (bicyclic) bond motifs is 1. The van der Waals surface area contributed by atoms with Crippen LogP contribution >= 0.6 is 0 Å². The smallest absolute Gasteiger partial charge is 0.153 e. The van der Waals surface area contributed by atoms with Crippen LogP contribution in [0.3, 0.4) is 0 Å². The van der Waals surface area contributed by atoms with E-state index in [-0.39, 0.29) is 0 Å². The van der Waals surface area contributed by atoms with Crippen LogP contribution < -0.4 is 4.74 Å². The average molecular weight is 246 g/mol. The lowest BCUT2D eigenvalue weighted by molar-refractivity contribution is 0.458. The van der Waals surface area contributed by atoms with Gasteiger partial charge >= 0.3 is 0 Å². The molecule has 0 bridgehead atoms. The van der Waals surface area contributed by atoms with Crippen molar-refractivity contribution in [1.82, 2.24) is 0 Å². The molecule has 0 amide bonds. The summed E-state index contributed by atoms with van der Waals surface area (Å²) < 4.78 is 5.74. The zero-order chi connectivity index (χ0) is 13.1. The van der Waals surface area contributed by atoms with Gasteiger partial charge in [-0.2, -0.15) is 5.26 Å². The summed E-state index contributed by atoms with van der Waals surface area (Å²) in [6.45, 7) is 0. The number of aliphatic imine (C=N–C) groups is 1. The first-order chi connectivity index (χ1) is 9.35. The lowest BCUT2D eigenvalue weighted by Gasteiger charge is -2.13. The third kappa shape index (κ3) is 2.38. The minimum absolute atomic E-state index is 0.644. The number of benzene rings is 2. The molecule has 3 nitrogen and oxygen atoms in total. The maximum absolute atomic E-state index is 8.75. The third-order valence-corrected chi connectivity index (χ3v) is 2.77. The fourth-order valence-electron chi connectivity index (χ4n) is 1.82. The van der Waals surface area contributed by atoms with Crippen molar-refractivity contribution >= 4 is 18.0 Å². The summed E-state index contributed by atoms with van der Waals surface area (Å²) in [6.07, 6.45) is 3.58. The average Bonchev–Trinajstić information content (AvgIpc) is 2.48. The Morgan fingerprint density at radius 1 is 1.05 bits per heavy atom. The molecule has 0 aliphatic carbocycles. The van der Waals surface area contributed by atoms with Gasteiger partial charge in [-0.3, -0.25) is 0 Å². The van der Waals surface area contributed by atoms with Crippen molar-refractivity contribution in [3.05, 3.63) is 65.4 Å². The molecule has 90 valence electrons. The summed E-state index contributed by atoms with van der Waals surface area (Å²) >= 11 is 0. The number of nitrogens with zero attached hydrogens (tertiary/aromatic N) is 2. The molecule has 0 saturated carbocycles. The van der Waals surface area contributed by atoms with Crippen molar-refractivity contribution in [2.24, 2.45) is 4.99 Å². The Bertz CT molecular complexity index is 706. The van der Waals surface area contributed by atoms with Gasteiger partial charge in [0.2, 0.25) is 0 Å². The number of hydrogen-bond donors (Lipinski definition) is 0. The van der Waals surface area contributed by atoms with Crippen molar-refractivity contribution < 1.29 is 4.74 Å². The minimum atomic E-state index is 0.644. The number of allylic oxidation sites excluding steroid dienone is 1. The van der Waals surface area contributed by atoms with Crippen LogP contribution in [0.4, 0.5) is 5.69 Å². The number of nitriles is 1. The number of rotatable bonds is 1. The Morgan fingerprint density at radius 3 is 2.63 bits per heavy atom. The van der Waals surface area contributed by atoms with Crippen molar-refractivity contribution in [2.75, 3.05) is 0 Å². The molecule has 0 spiro atoms. The highest BCUT2D eigenvalue weighted by molar-refractivity contribution is 5.88. The van der Waals surface area contributed by atoms with E-state index < -0.39 is 0 Å². The van der Waals surface area contributed by atoms with Crippen LogP contribution in [0.2, 0.25) is 0 Å². The molecule has 1 aliphatic heterocycles. The van der Waals surface area contributed by atoms with Crippen LogP contribution in [0.5, 0.6) is 5.75 Å². The van der Waals surface area contributed by atoms with Gasteiger partial charge in [0, 0.05) is 0 Å². The molecule has 0 radical (unpaired) electrons. The third-order valence-electron chi connectivity index (χ3n) is 2.77. The fraction of sp³-hybridized carbons (Fsp3) is 0. The zero-order valence-corrected chi connectivity index (χ0v) is 10.1. The van der Waals surface area contributed by atoms with E-state index >= 15 is 0 Å². The van der Waals surface area contributed by atoms with Crippen LogP contribution in [0, 0.1) is 11.3 Å². The summed E-state index contributed by atoms with van der Waals surface area (Å²) in [5.74, 6) is 1.44. The quantitative estimate of drug-likeness (QED) is 0.770. The van der Waals surface area contributed by atoms with E-state index in [0.29, 0.717) is 11.3 Å². The van der Waals surface area contributed by atoms with Crippen molar-refractivity contribution in [2.45, 2.75) is 0 Å². The Morgan fingerprint density at radius 2 is 1.84 bits per heavy atom. The topological polar surface area (TPSA) is 45.4 Å². The Hall–Kier alpha value is -2.86. The maximum Gasteiger partial charge on any atom is 0.153 e. The highest BCUT2D eigenvalue weighted by Crippen LogP contribution is 2.31. The van der Waals surface area contributed by atoms with E-state index in [1.165, 1.54) is 0 Å². The van der Waals surface area contributed by atoms with E-state index in [1.54, 1.807) is 18.3 Å². The second-order valence-electron chi connectivity index (χ2n) is 4.11. The van der Waals surface area contributed by atoms with Crippen molar-refractivity contribution in [3.63, 3.8) is 0 Å². The van der Waals surface area contributed by atoms with E-state index in [9.17, 15) is 0 Å². The Kier molecular flexibility index (Phi) is 2.83. The van der Waals surface area contributed by atoms with E-state index in [0.717, 1.165) is 17.0 Å². The van der Waals surface area contributed by atoms with Gasteiger partial charge in [-0.1, -0.05) is 24.3 Å². The molecule has 2 aromatic carbocycles. The monoisotopic (exact) mass is 246 g/mol. The number of para-hydroxylation sites is 2. The van der Waals surface area contributed by atoms with Gasteiger partial charge in [-0.25, -0.2) is 4.99 Å². The van der Waals surface area contributed by atoms with E-state index in [1.807, 2.05) is 42.5 Å². The van der Waals surface area contributed by atoms with Crippen LogP contribution in [0.1, 0.15) is 11.1 Å². The van der Waals surface area contributed by atoms with Gasteiger partial charge in [0.25, 0.3) is 0 Å². The number of ether oxygens (including phenoxy) is 1. The predicted molar refractivity (Wildman–Crippen MR) is 74.4 cm³/mol. The summed E-state index contributed by atoms with van der Waals surface area (Å²) in [6, 6.07) is 17.0. The molecule has 19 heavy (non-hydrogen) atoms.